The van der Waals surface area contributed by atoms with Crippen molar-refractivity contribution in [2.75, 3.05) is 39.8 Å². The number of carbonyl (C=O) groups is 1. The van der Waals surface area contributed by atoms with Gasteiger partial charge in [0.05, 0.1) is 7.11 Å². The number of aliphatic hydroxyl groups excluding tert-OH is 1. The van der Waals surface area contributed by atoms with Crippen molar-refractivity contribution >= 4 is 12.0 Å². The van der Waals surface area contributed by atoms with Crippen molar-refractivity contribution in [3.05, 3.63) is 35.9 Å². The number of hydrogen-bond acceptors (Lipinski definition) is 4. The lowest BCUT2D eigenvalue weighted by Gasteiger charge is -2.34. The number of benzene rings is 1. The Kier molecular flexibility index (Phi) is 5.98. The number of carbonyl (C=O) groups excluding carboxylic acids is 1. The van der Waals surface area contributed by atoms with E-state index in [1.165, 1.54) is 6.92 Å². The van der Waals surface area contributed by atoms with Crippen LogP contribution in [0.2, 0.25) is 0 Å². The molecule has 1 unspecified atom stereocenters. The SMILES string of the molecule is COc1ccccc1/C=C/CN1CCN(C(=O)C(C)O)CC1. The lowest BCUT2D eigenvalue weighted by molar-refractivity contribution is -0.140. The third kappa shape index (κ3) is 4.32. The second kappa shape index (κ2) is 7.96. The second-order valence-electron chi connectivity index (χ2n) is 5.45. The fourth-order valence-electron chi connectivity index (χ4n) is 2.55. The number of amides is 1. The zero-order valence-electron chi connectivity index (χ0n) is 13.2. The van der Waals surface area contributed by atoms with E-state index in [1.54, 1.807) is 12.0 Å². The molecule has 22 heavy (non-hydrogen) atoms. The molecule has 1 aromatic carbocycles. The van der Waals surface area contributed by atoms with E-state index in [4.69, 9.17) is 4.74 Å². The highest BCUT2D eigenvalue weighted by Gasteiger charge is 2.22. The van der Waals surface area contributed by atoms with Crippen LogP contribution in [-0.4, -0.2) is 66.8 Å². The average molecular weight is 304 g/mol. The summed E-state index contributed by atoms with van der Waals surface area (Å²) in [6, 6.07) is 7.91. The summed E-state index contributed by atoms with van der Waals surface area (Å²) < 4.78 is 5.32. The normalized spacial score (nSPS) is 17.7. The van der Waals surface area contributed by atoms with Gasteiger partial charge >= 0.3 is 0 Å². The van der Waals surface area contributed by atoms with Crippen molar-refractivity contribution in [2.45, 2.75) is 13.0 Å². The predicted molar refractivity (Wildman–Crippen MR) is 86.7 cm³/mol. The molecule has 1 fully saturated rings. The fraction of sp³-hybridized carbons (Fsp3) is 0.471. The van der Waals surface area contributed by atoms with Gasteiger partial charge in [-0.1, -0.05) is 30.4 Å². The Balaban J connectivity index is 1.82. The first-order valence-corrected chi connectivity index (χ1v) is 7.60. The van der Waals surface area contributed by atoms with Crippen molar-refractivity contribution in [3.63, 3.8) is 0 Å². The third-order valence-electron chi connectivity index (χ3n) is 3.84. The van der Waals surface area contributed by atoms with E-state index in [0.717, 1.165) is 30.9 Å². The number of ether oxygens (including phenoxy) is 1. The Labute approximate surface area is 131 Å². The highest BCUT2D eigenvalue weighted by Crippen LogP contribution is 2.18. The molecular formula is C17H24N2O3. The molecule has 1 saturated heterocycles. The van der Waals surface area contributed by atoms with Crippen LogP contribution in [0.4, 0.5) is 0 Å². The summed E-state index contributed by atoms with van der Waals surface area (Å²) in [5.74, 6) is 0.690. The molecule has 0 bridgehead atoms. The molecule has 1 N–H and O–H groups in total. The van der Waals surface area contributed by atoms with Gasteiger partial charge in [-0.05, 0) is 13.0 Å². The van der Waals surface area contributed by atoms with Crippen LogP contribution in [-0.2, 0) is 4.79 Å². The maximum atomic E-state index is 11.7. The topological polar surface area (TPSA) is 53.0 Å². The summed E-state index contributed by atoms with van der Waals surface area (Å²) in [6.07, 6.45) is 3.27. The number of methoxy groups -OCH3 is 1. The van der Waals surface area contributed by atoms with Gasteiger partial charge in [0.1, 0.15) is 11.9 Å². The molecule has 2 rings (SSSR count). The highest BCUT2D eigenvalue weighted by molar-refractivity contribution is 5.80. The standard InChI is InChI=1S/C17H24N2O3/c1-14(20)17(21)19-12-10-18(11-13-19)9-5-7-15-6-3-4-8-16(15)22-2/h3-8,14,20H,9-13H2,1-2H3/b7-5+. The first-order valence-electron chi connectivity index (χ1n) is 7.60. The van der Waals surface area contributed by atoms with Crippen molar-refractivity contribution in [2.24, 2.45) is 0 Å². The molecule has 120 valence electrons. The summed E-state index contributed by atoms with van der Waals surface area (Å²) in [5, 5.41) is 9.33. The van der Waals surface area contributed by atoms with E-state index in [0.29, 0.717) is 13.1 Å². The monoisotopic (exact) mass is 304 g/mol. The highest BCUT2D eigenvalue weighted by atomic mass is 16.5. The van der Waals surface area contributed by atoms with Crippen molar-refractivity contribution in [3.8, 4) is 5.75 Å². The molecular weight excluding hydrogens is 280 g/mol. The minimum absolute atomic E-state index is 0.177. The summed E-state index contributed by atoms with van der Waals surface area (Å²) in [5.41, 5.74) is 1.06. The van der Waals surface area contributed by atoms with Crippen molar-refractivity contribution in [1.29, 1.82) is 0 Å². The number of piperazine rings is 1. The molecule has 0 aliphatic carbocycles. The van der Waals surface area contributed by atoms with Crippen LogP contribution in [0.3, 0.4) is 0 Å². The maximum Gasteiger partial charge on any atom is 0.251 e. The number of para-hydroxylation sites is 1. The average Bonchev–Trinajstić information content (AvgIpc) is 2.55. The van der Waals surface area contributed by atoms with Gasteiger partial charge in [0.25, 0.3) is 5.91 Å². The van der Waals surface area contributed by atoms with E-state index in [2.05, 4.69) is 17.1 Å². The third-order valence-corrected chi connectivity index (χ3v) is 3.84. The van der Waals surface area contributed by atoms with Crippen molar-refractivity contribution in [1.82, 2.24) is 9.80 Å². The van der Waals surface area contributed by atoms with Gasteiger partial charge in [0, 0.05) is 38.3 Å². The first-order chi connectivity index (χ1) is 10.6. The molecule has 0 spiro atoms. The smallest absolute Gasteiger partial charge is 0.251 e. The number of nitrogens with zero attached hydrogens (tertiary/aromatic N) is 2. The maximum absolute atomic E-state index is 11.7. The fourth-order valence-corrected chi connectivity index (χ4v) is 2.55. The minimum Gasteiger partial charge on any atom is -0.496 e. The van der Waals surface area contributed by atoms with E-state index in [-0.39, 0.29) is 5.91 Å². The number of rotatable bonds is 5. The van der Waals surface area contributed by atoms with Crippen LogP contribution in [0.1, 0.15) is 12.5 Å². The quantitative estimate of drug-likeness (QED) is 0.889. The summed E-state index contributed by atoms with van der Waals surface area (Å²) in [6.45, 7) is 5.36. The van der Waals surface area contributed by atoms with Crippen LogP contribution < -0.4 is 4.74 Å². The van der Waals surface area contributed by atoms with Gasteiger partial charge in [-0.2, -0.15) is 0 Å². The number of hydrogen-bond donors (Lipinski definition) is 1. The molecule has 0 radical (unpaired) electrons. The Morgan fingerprint density at radius 1 is 1.32 bits per heavy atom. The van der Waals surface area contributed by atoms with Gasteiger partial charge in [-0.15, -0.1) is 0 Å². The van der Waals surface area contributed by atoms with Crippen LogP contribution in [0.25, 0.3) is 6.08 Å². The Morgan fingerprint density at radius 2 is 2.00 bits per heavy atom. The van der Waals surface area contributed by atoms with Gasteiger partial charge in [-0.25, -0.2) is 0 Å². The predicted octanol–water partition coefficient (Wildman–Crippen LogP) is 1.23. The Hall–Kier alpha value is -1.85. The molecule has 1 atom stereocenters. The molecule has 1 heterocycles. The molecule has 5 nitrogen and oxygen atoms in total. The van der Waals surface area contributed by atoms with Gasteiger partial charge in [0.15, 0.2) is 0 Å². The molecule has 1 aliphatic heterocycles. The lowest BCUT2D eigenvalue weighted by atomic mass is 10.2. The van der Waals surface area contributed by atoms with Gasteiger partial charge < -0.3 is 14.7 Å². The molecule has 1 aromatic rings. The van der Waals surface area contributed by atoms with Crippen LogP contribution in [0.5, 0.6) is 5.75 Å². The zero-order chi connectivity index (χ0) is 15.9. The van der Waals surface area contributed by atoms with E-state index in [1.807, 2.05) is 24.3 Å². The van der Waals surface area contributed by atoms with E-state index < -0.39 is 6.10 Å². The summed E-state index contributed by atoms with van der Waals surface area (Å²) in [4.78, 5) is 15.7. The second-order valence-corrected chi connectivity index (χ2v) is 5.45. The Bertz CT molecular complexity index is 520. The lowest BCUT2D eigenvalue weighted by Crippen LogP contribution is -2.50. The van der Waals surface area contributed by atoms with Gasteiger partial charge in [0.2, 0.25) is 0 Å². The van der Waals surface area contributed by atoms with Crippen LogP contribution in [0, 0.1) is 0 Å². The van der Waals surface area contributed by atoms with Crippen LogP contribution in [0.15, 0.2) is 30.3 Å². The molecule has 0 aromatic heterocycles. The minimum atomic E-state index is -0.906. The summed E-state index contributed by atoms with van der Waals surface area (Å²) in [7, 11) is 1.67. The van der Waals surface area contributed by atoms with Crippen molar-refractivity contribution < 1.29 is 14.6 Å². The summed E-state index contributed by atoms with van der Waals surface area (Å²) >= 11 is 0. The van der Waals surface area contributed by atoms with E-state index in [9.17, 15) is 9.90 Å². The Morgan fingerprint density at radius 3 is 2.64 bits per heavy atom. The first kappa shape index (κ1) is 16.5. The number of aliphatic hydroxyl groups is 1. The van der Waals surface area contributed by atoms with Crippen LogP contribution >= 0.6 is 0 Å². The van der Waals surface area contributed by atoms with Gasteiger partial charge in [-0.3, -0.25) is 9.69 Å². The molecule has 5 heteroatoms. The molecule has 0 saturated carbocycles. The molecule has 1 aliphatic rings. The molecule has 1 amide bonds. The largest absolute Gasteiger partial charge is 0.496 e. The zero-order valence-corrected chi connectivity index (χ0v) is 13.2. The van der Waals surface area contributed by atoms with E-state index >= 15 is 0 Å².